The molecule has 0 radical (unpaired) electrons. The normalized spacial score (nSPS) is 15.2. The third kappa shape index (κ3) is 4.80. The van der Waals surface area contributed by atoms with Gasteiger partial charge in [-0.05, 0) is 44.0 Å². The number of benzene rings is 1. The van der Waals surface area contributed by atoms with Gasteiger partial charge in [0.05, 0.1) is 7.05 Å². The van der Waals surface area contributed by atoms with Crippen LogP contribution < -0.4 is 15.1 Å². The van der Waals surface area contributed by atoms with Crippen molar-refractivity contribution in [1.29, 1.82) is 0 Å². The summed E-state index contributed by atoms with van der Waals surface area (Å²) in [4.78, 5) is 26.5. The van der Waals surface area contributed by atoms with Crippen molar-refractivity contribution in [2.45, 2.75) is 25.8 Å². The summed E-state index contributed by atoms with van der Waals surface area (Å²) in [6, 6.07) is 6.19. The van der Waals surface area contributed by atoms with E-state index in [-0.39, 0.29) is 30.7 Å². The molecule has 1 atom stereocenters. The average molecular weight is 308 g/mol. The number of carbonyl (C=O) groups excluding carboxylic acids is 2. The van der Waals surface area contributed by atoms with E-state index in [1.807, 2.05) is 14.0 Å². The largest absolute Gasteiger partial charge is 0.348 e. The summed E-state index contributed by atoms with van der Waals surface area (Å²) in [5.74, 6) is -0.421. The highest BCUT2D eigenvalue weighted by Crippen LogP contribution is 2.18. The molecule has 1 fully saturated rings. The zero-order valence-corrected chi connectivity index (χ0v) is 13.1. The van der Waals surface area contributed by atoms with E-state index in [2.05, 4.69) is 5.32 Å². The molecule has 1 unspecified atom stereocenters. The minimum absolute atomic E-state index is 0.0161. The highest BCUT2D eigenvalue weighted by molar-refractivity contribution is 5.94. The second-order valence-electron chi connectivity index (χ2n) is 5.77. The van der Waals surface area contributed by atoms with Crippen LogP contribution in [0.4, 0.5) is 10.1 Å². The van der Waals surface area contributed by atoms with Gasteiger partial charge < -0.3 is 15.1 Å². The monoisotopic (exact) mass is 308 g/mol. The van der Waals surface area contributed by atoms with Crippen LogP contribution in [0.15, 0.2) is 24.3 Å². The Bertz CT molecular complexity index is 529. The number of quaternary nitrogens is 1. The average Bonchev–Trinajstić information content (AvgIpc) is 3.25. The topological polar surface area (TPSA) is 53.9 Å². The minimum atomic E-state index is -0.327. The summed E-state index contributed by atoms with van der Waals surface area (Å²) in [6.07, 6.45) is 2.11. The van der Waals surface area contributed by atoms with Crippen LogP contribution in [0.5, 0.6) is 0 Å². The maximum Gasteiger partial charge on any atom is 0.282 e. The van der Waals surface area contributed by atoms with Crippen molar-refractivity contribution < 1.29 is 18.9 Å². The van der Waals surface area contributed by atoms with Gasteiger partial charge in [-0.1, -0.05) is 0 Å². The Kier molecular flexibility index (Phi) is 5.49. The van der Waals surface area contributed by atoms with E-state index in [0.717, 1.165) is 17.7 Å². The lowest BCUT2D eigenvalue weighted by Crippen LogP contribution is -3.11. The highest BCUT2D eigenvalue weighted by Gasteiger charge is 2.25. The first-order chi connectivity index (χ1) is 10.5. The number of amides is 2. The smallest absolute Gasteiger partial charge is 0.282 e. The second kappa shape index (κ2) is 7.35. The molecule has 0 bridgehead atoms. The summed E-state index contributed by atoms with van der Waals surface area (Å²) in [5, 5.41) is 2.91. The Labute approximate surface area is 130 Å². The predicted octanol–water partition coefficient (Wildman–Crippen LogP) is -0.0281. The van der Waals surface area contributed by atoms with Gasteiger partial charge in [-0.2, -0.15) is 0 Å². The molecule has 2 N–H and O–H groups in total. The third-order valence-corrected chi connectivity index (χ3v) is 3.61. The quantitative estimate of drug-likeness (QED) is 0.743. The second-order valence-corrected chi connectivity index (χ2v) is 5.77. The first-order valence-electron chi connectivity index (χ1n) is 7.66. The molecule has 1 aliphatic carbocycles. The van der Waals surface area contributed by atoms with Crippen LogP contribution in [0.1, 0.15) is 19.8 Å². The molecule has 2 amide bonds. The van der Waals surface area contributed by atoms with Crippen molar-refractivity contribution in [1.82, 2.24) is 5.32 Å². The third-order valence-electron chi connectivity index (χ3n) is 3.61. The first-order valence-corrected chi connectivity index (χ1v) is 7.66. The first kappa shape index (κ1) is 16.4. The van der Waals surface area contributed by atoms with Gasteiger partial charge in [0.25, 0.3) is 11.8 Å². The molecule has 5 nitrogen and oxygen atoms in total. The number of nitrogens with zero attached hydrogens (tertiary/aromatic N) is 1. The molecule has 0 aliphatic heterocycles. The van der Waals surface area contributed by atoms with Crippen LogP contribution in [-0.2, 0) is 9.59 Å². The van der Waals surface area contributed by atoms with E-state index >= 15 is 0 Å². The molecule has 120 valence electrons. The summed E-state index contributed by atoms with van der Waals surface area (Å²) in [6.45, 7) is 2.88. The van der Waals surface area contributed by atoms with Crippen molar-refractivity contribution in [3.05, 3.63) is 30.1 Å². The van der Waals surface area contributed by atoms with E-state index in [1.165, 1.54) is 12.1 Å². The number of likely N-dealkylation sites (N-methyl/N-ethyl adjacent to an activating group) is 2. The Morgan fingerprint density at radius 1 is 1.27 bits per heavy atom. The molecule has 2 rings (SSSR count). The fraction of sp³-hybridized carbons (Fsp3) is 0.500. The molecule has 0 aromatic heterocycles. The van der Waals surface area contributed by atoms with E-state index in [1.54, 1.807) is 17.0 Å². The van der Waals surface area contributed by atoms with Gasteiger partial charge in [0.1, 0.15) is 5.82 Å². The van der Waals surface area contributed by atoms with Crippen LogP contribution in [0.3, 0.4) is 0 Å². The van der Waals surface area contributed by atoms with Crippen molar-refractivity contribution in [2.24, 2.45) is 0 Å². The Morgan fingerprint density at radius 3 is 2.45 bits per heavy atom. The van der Waals surface area contributed by atoms with Crippen molar-refractivity contribution >= 4 is 17.5 Å². The Morgan fingerprint density at radius 2 is 1.91 bits per heavy atom. The summed E-state index contributed by atoms with van der Waals surface area (Å²) < 4.78 is 13.0. The van der Waals surface area contributed by atoms with Crippen molar-refractivity contribution in [3.63, 3.8) is 0 Å². The highest BCUT2D eigenvalue weighted by atomic mass is 19.1. The lowest BCUT2D eigenvalue weighted by Gasteiger charge is -2.22. The minimum Gasteiger partial charge on any atom is -0.348 e. The maximum atomic E-state index is 13.0. The van der Waals surface area contributed by atoms with E-state index < -0.39 is 0 Å². The predicted molar refractivity (Wildman–Crippen MR) is 82.2 cm³/mol. The number of carbonyl (C=O) groups is 2. The van der Waals surface area contributed by atoms with Crippen LogP contribution >= 0.6 is 0 Å². The van der Waals surface area contributed by atoms with Gasteiger partial charge >= 0.3 is 0 Å². The van der Waals surface area contributed by atoms with Crippen LogP contribution in [0, 0.1) is 5.82 Å². The number of halogens is 1. The Balaban J connectivity index is 1.87. The maximum absolute atomic E-state index is 13.0. The van der Waals surface area contributed by atoms with Gasteiger partial charge in [0, 0.05) is 18.3 Å². The van der Waals surface area contributed by atoms with Gasteiger partial charge in [-0.25, -0.2) is 4.39 Å². The van der Waals surface area contributed by atoms with E-state index in [0.29, 0.717) is 18.3 Å². The SMILES string of the molecule is CCN(C(=O)C[NH+](C)CC(=O)NC1CC1)c1ccc(F)cc1. The molecular weight excluding hydrogens is 285 g/mol. The summed E-state index contributed by atoms with van der Waals surface area (Å²) in [7, 11) is 1.82. The lowest BCUT2D eigenvalue weighted by atomic mass is 10.2. The zero-order valence-electron chi connectivity index (χ0n) is 13.1. The van der Waals surface area contributed by atoms with E-state index in [4.69, 9.17) is 0 Å². The molecule has 1 saturated carbocycles. The number of rotatable bonds is 7. The van der Waals surface area contributed by atoms with Crippen LogP contribution in [0.25, 0.3) is 0 Å². The molecule has 1 aromatic rings. The number of nitrogens with one attached hydrogen (secondary N) is 2. The standard InChI is InChI=1S/C16H22FN3O2/c1-3-20(14-8-4-12(17)5-9-14)16(22)11-19(2)10-15(21)18-13-6-7-13/h4-5,8-9,13H,3,6-7,10-11H2,1-2H3,(H,18,21)/p+1. The molecular formula is C16H23FN3O2+. The molecule has 1 aromatic carbocycles. The molecule has 6 heteroatoms. The van der Waals surface area contributed by atoms with E-state index in [9.17, 15) is 14.0 Å². The van der Waals surface area contributed by atoms with Crippen LogP contribution in [-0.4, -0.2) is 44.5 Å². The fourth-order valence-electron chi connectivity index (χ4n) is 2.32. The molecule has 0 spiro atoms. The molecule has 22 heavy (non-hydrogen) atoms. The molecule has 0 saturated heterocycles. The van der Waals surface area contributed by atoms with Crippen molar-refractivity contribution in [3.8, 4) is 0 Å². The zero-order chi connectivity index (χ0) is 16.1. The van der Waals surface area contributed by atoms with Crippen molar-refractivity contribution in [2.75, 3.05) is 31.6 Å². The lowest BCUT2D eigenvalue weighted by molar-refractivity contribution is -0.862. The fourth-order valence-corrected chi connectivity index (χ4v) is 2.32. The molecule has 0 heterocycles. The van der Waals surface area contributed by atoms with Gasteiger partial charge in [0.15, 0.2) is 13.1 Å². The summed E-state index contributed by atoms with van der Waals surface area (Å²) in [5.41, 5.74) is 0.670. The van der Waals surface area contributed by atoms with Gasteiger partial charge in [-0.15, -0.1) is 0 Å². The Hall–Kier alpha value is -1.95. The summed E-state index contributed by atoms with van der Waals surface area (Å²) >= 11 is 0. The van der Waals surface area contributed by atoms with Crippen LogP contribution in [0.2, 0.25) is 0 Å². The number of hydrogen-bond acceptors (Lipinski definition) is 2. The van der Waals surface area contributed by atoms with Gasteiger partial charge in [0.2, 0.25) is 0 Å². The molecule has 1 aliphatic rings. The number of hydrogen-bond donors (Lipinski definition) is 2. The van der Waals surface area contributed by atoms with Gasteiger partial charge in [-0.3, -0.25) is 9.59 Å². The number of anilines is 1.